The smallest absolute Gasteiger partial charge is 0.234 e. The van der Waals surface area contributed by atoms with Crippen LogP contribution in [0.4, 0.5) is 5.69 Å². The average molecular weight is 278 g/mol. The van der Waals surface area contributed by atoms with Crippen molar-refractivity contribution in [3.05, 3.63) is 29.8 Å². The van der Waals surface area contributed by atoms with Crippen LogP contribution in [0.25, 0.3) is 0 Å². The number of nitrogens with one attached hydrogen (secondary N) is 1. The van der Waals surface area contributed by atoms with Crippen LogP contribution in [0.5, 0.6) is 0 Å². The lowest BCUT2D eigenvalue weighted by Gasteiger charge is -2.15. The highest BCUT2D eigenvalue weighted by atomic mass is 32.1. The monoisotopic (exact) mass is 278 g/mol. The Morgan fingerprint density at radius 3 is 2.63 bits per heavy atom. The van der Waals surface area contributed by atoms with Gasteiger partial charge in [-0.2, -0.15) is 0 Å². The van der Waals surface area contributed by atoms with E-state index in [2.05, 4.69) is 25.2 Å². The van der Waals surface area contributed by atoms with Crippen molar-refractivity contribution in [2.24, 2.45) is 11.7 Å². The Morgan fingerprint density at radius 1 is 1.42 bits per heavy atom. The van der Waals surface area contributed by atoms with E-state index in [1.54, 1.807) is 0 Å². The fourth-order valence-corrected chi connectivity index (χ4v) is 2.12. The maximum atomic E-state index is 12.1. The third-order valence-electron chi connectivity index (χ3n) is 3.06. The molecule has 0 spiro atoms. The van der Waals surface area contributed by atoms with Gasteiger partial charge in [0.05, 0.1) is 10.9 Å². The van der Waals surface area contributed by atoms with Crippen LogP contribution in [0, 0.1) is 5.92 Å². The first kappa shape index (κ1) is 15.6. The van der Waals surface area contributed by atoms with E-state index in [9.17, 15) is 4.79 Å². The number of anilines is 1. The lowest BCUT2D eigenvalue weighted by Crippen LogP contribution is -2.33. The SMILES string of the molecule is CCCC(C(=O)Nc1cccc(C(C)C)c1)C(N)=S. The second-order valence-corrected chi connectivity index (χ2v) is 5.48. The minimum absolute atomic E-state index is 0.116. The van der Waals surface area contributed by atoms with Gasteiger partial charge in [-0.3, -0.25) is 4.79 Å². The Kier molecular flexibility index (Phi) is 5.96. The summed E-state index contributed by atoms with van der Waals surface area (Å²) in [6.07, 6.45) is 1.56. The molecule has 1 aromatic rings. The van der Waals surface area contributed by atoms with Gasteiger partial charge in [-0.15, -0.1) is 0 Å². The maximum absolute atomic E-state index is 12.1. The first-order chi connectivity index (χ1) is 8.95. The molecule has 1 atom stereocenters. The predicted molar refractivity (Wildman–Crippen MR) is 84.3 cm³/mol. The Hall–Kier alpha value is -1.42. The molecule has 0 fully saturated rings. The summed E-state index contributed by atoms with van der Waals surface area (Å²) in [7, 11) is 0. The fourth-order valence-electron chi connectivity index (χ4n) is 1.90. The third kappa shape index (κ3) is 4.63. The highest BCUT2D eigenvalue weighted by molar-refractivity contribution is 7.80. The predicted octanol–water partition coefficient (Wildman–Crippen LogP) is 3.45. The Morgan fingerprint density at radius 2 is 2.11 bits per heavy atom. The van der Waals surface area contributed by atoms with Crippen molar-refractivity contribution in [3.8, 4) is 0 Å². The second-order valence-electron chi connectivity index (χ2n) is 5.01. The van der Waals surface area contributed by atoms with Crippen molar-refractivity contribution >= 4 is 28.8 Å². The zero-order valence-corrected chi connectivity index (χ0v) is 12.6. The van der Waals surface area contributed by atoms with E-state index in [0.717, 1.165) is 12.1 Å². The van der Waals surface area contributed by atoms with Gasteiger partial charge in [-0.25, -0.2) is 0 Å². The molecule has 19 heavy (non-hydrogen) atoms. The topological polar surface area (TPSA) is 55.1 Å². The molecule has 0 aliphatic heterocycles. The van der Waals surface area contributed by atoms with Crippen molar-refractivity contribution in [1.29, 1.82) is 0 Å². The van der Waals surface area contributed by atoms with E-state index in [4.69, 9.17) is 18.0 Å². The first-order valence-electron chi connectivity index (χ1n) is 6.65. The van der Waals surface area contributed by atoms with E-state index >= 15 is 0 Å². The van der Waals surface area contributed by atoms with Crippen molar-refractivity contribution in [2.45, 2.75) is 39.5 Å². The van der Waals surface area contributed by atoms with Gasteiger partial charge in [0.15, 0.2) is 0 Å². The number of rotatable bonds is 6. The quantitative estimate of drug-likeness (QED) is 0.784. The molecule has 1 aromatic carbocycles. The van der Waals surface area contributed by atoms with Crippen LogP contribution in [-0.2, 0) is 4.79 Å². The van der Waals surface area contributed by atoms with E-state index in [-0.39, 0.29) is 16.8 Å². The first-order valence-corrected chi connectivity index (χ1v) is 7.06. The summed E-state index contributed by atoms with van der Waals surface area (Å²) in [6.45, 7) is 6.25. The molecule has 0 heterocycles. The average Bonchev–Trinajstić information content (AvgIpc) is 2.35. The summed E-state index contributed by atoms with van der Waals surface area (Å²) in [4.78, 5) is 12.4. The molecule has 4 heteroatoms. The van der Waals surface area contributed by atoms with Crippen LogP contribution in [0.15, 0.2) is 24.3 Å². The number of carbonyl (C=O) groups excluding carboxylic acids is 1. The number of amides is 1. The van der Waals surface area contributed by atoms with Crippen LogP contribution in [0.3, 0.4) is 0 Å². The van der Waals surface area contributed by atoms with Crippen LogP contribution < -0.4 is 11.1 Å². The molecular formula is C15H22N2OS. The lowest BCUT2D eigenvalue weighted by atomic mass is 10.0. The number of carbonyl (C=O) groups is 1. The van der Waals surface area contributed by atoms with Crippen LogP contribution in [0.1, 0.15) is 45.1 Å². The van der Waals surface area contributed by atoms with Crippen LogP contribution >= 0.6 is 12.2 Å². The summed E-state index contributed by atoms with van der Waals surface area (Å²) in [5, 5.41) is 2.90. The number of thiocarbonyl (C=S) groups is 1. The van der Waals surface area contributed by atoms with Crippen LogP contribution in [-0.4, -0.2) is 10.9 Å². The highest BCUT2D eigenvalue weighted by Crippen LogP contribution is 2.19. The van der Waals surface area contributed by atoms with Gasteiger partial charge in [0.25, 0.3) is 0 Å². The number of hydrogen-bond acceptors (Lipinski definition) is 2. The molecule has 0 aliphatic rings. The zero-order chi connectivity index (χ0) is 14.4. The molecule has 1 rings (SSSR count). The summed E-state index contributed by atoms with van der Waals surface area (Å²) in [5.41, 5.74) is 7.62. The summed E-state index contributed by atoms with van der Waals surface area (Å²) in [5.74, 6) is -0.0724. The van der Waals surface area contributed by atoms with E-state index < -0.39 is 0 Å². The third-order valence-corrected chi connectivity index (χ3v) is 3.34. The Labute approximate surface area is 120 Å². The van der Waals surface area contributed by atoms with Gasteiger partial charge in [-0.05, 0) is 30.0 Å². The summed E-state index contributed by atoms with van der Waals surface area (Å²) in [6, 6.07) is 7.87. The largest absolute Gasteiger partial charge is 0.393 e. The van der Waals surface area contributed by atoms with Gasteiger partial charge < -0.3 is 11.1 Å². The van der Waals surface area contributed by atoms with Crippen molar-refractivity contribution in [1.82, 2.24) is 0 Å². The van der Waals surface area contributed by atoms with Gasteiger partial charge in [0, 0.05) is 5.69 Å². The second kappa shape index (κ2) is 7.24. The van der Waals surface area contributed by atoms with Gasteiger partial charge >= 0.3 is 0 Å². The molecule has 104 valence electrons. The van der Waals surface area contributed by atoms with Crippen molar-refractivity contribution in [2.75, 3.05) is 5.32 Å². The van der Waals surface area contributed by atoms with Crippen molar-refractivity contribution < 1.29 is 4.79 Å². The fraction of sp³-hybridized carbons (Fsp3) is 0.467. The Bertz CT molecular complexity index is 457. The van der Waals surface area contributed by atoms with Gasteiger partial charge in [0.2, 0.25) is 5.91 Å². The maximum Gasteiger partial charge on any atom is 0.234 e. The summed E-state index contributed by atoms with van der Waals surface area (Å²) < 4.78 is 0. The number of nitrogens with two attached hydrogens (primary N) is 1. The molecule has 0 aliphatic carbocycles. The number of benzene rings is 1. The van der Waals surface area contributed by atoms with E-state index in [1.807, 2.05) is 25.1 Å². The minimum atomic E-state index is -0.386. The molecule has 0 aromatic heterocycles. The van der Waals surface area contributed by atoms with Gasteiger partial charge in [-0.1, -0.05) is 51.5 Å². The molecule has 0 saturated carbocycles. The molecule has 0 radical (unpaired) electrons. The van der Waals surface area contributed by atoms with E-state index in [1.165, 1.54) is 5.56 Å². The lowest BCUT2D eigenvalue weighted by molar-refractivity contribution is -0.118. The van der Waals surface area contributed by atoms with Gasteiger partial charge in [0.1, 0.15) is 0 Å². The molecule has 0 saturated heterocycles. The van der Waals surface area contributed by atoms with Crippen molar-refractivity contribution in [3.63, 3.8) is 0 Å². The normalized spacial score (nSPS) is 12.2. The zero-order valence-electron chi connectivity index (χ0n) is 11.8. The molecule has 0 bridgehead atoms. The standard InChI is InChI=1S/C15H22N2OS/c1-4-6-13(14(16)19)15(18)17-12-8-5-7-11(9-12)10(2)3/h5,7-10,13H,4,6H2,1-3H3,(H2,16,19)(H,17,18). The molecule has 1 unspecified atom stereocenters. The van der Waals surface area contributed by atoms with Crippen LogP contribution in [0.2, 0.25) is 0 Å². The highest BCUT2D eigenvalue weighted by Gasteiger charge is 2.20. The van der Waals surface area contributed by atoms with E-state index in [0.29, 0.717) is 12.3 Å². The molecule has 1 amide bonds. The molecule has 3 nitrogen and oxygen atoms in total. The molecular weight excluding hydrogens is 256 g/mol. The summed E-state index contributed by atoms with van der Waals surface area (Å²) >= 11 is 4.96. The Balaban J connectivity index is 2.80. The number of hydrogen-bond donors (Lipinski definition) is 2. The minimum Gasteiger partial charge on any atom is -0.393 e. The molecule has 3 N–H and O–H groups in total.